The second-order valence-corrected chi connectivity index (χ2v) is 3.90. The average molecular weight is 210 g/mol. The minimum atomic E-state index is -0.899. The van der Waals surface area contributed by atoms with Gasteiger partial charge in [0.15, 0.2) is 0 Å². The first-order chi connectivity index (χ1) is 7.00. The first-order valence-corrected chi connectivity index (χ1v) is 5.01. The zero-order valence-electron chi connectivity index (χ0n) is 8.96. The number of benzene rings is 1. The van der Waals surface area contributed by atoms with Crippen LogP contribution in [0, 0.1) is 5.82 Å². The Morgan fingerprint density at radius 2 is 2.13 bits per heavy atom. The van der Waals surface area contributed by atoms with Gasteiger partial charge in [-0.25, -0.2) is 4.39 Å². The Bertz CT molecular complexity index is 359. The summed E-state index contributed by atoms with van der Waals surface area (Å²) in [7, 11) is 0. The molecular weight excluding hydrogens is 195 g/mol. The molecule has 0 heterocycles. The fraction of sp³-hybridized carbons (Fsp3) is 0.417. The van der Waals surface area contributed by atoms with Crippen molar-refractivity contribution in [2.75, 3.05) is 0 Å². The number of rotatable bonds is 4. The molecule has 15 heavy (non-hydrogen) atoms. The van der Waals surface area contributed by atoms with Crippen LogP contribution in [0.15, 0.2) is 18.2 Å². The fourth-order valence-electron chi connectivity index (χ4n) is 1.39. The normalized spacial score (nSPS) is 10.7. The van der Waals surface area contributed by atoms with E-state index in [1.807, 2.05) is 13.8 Å². The monoisotopic (exact) mass is 210 g/mol. The van der Waals surface area contributed by atoms with Gasteiger partial charge in [-0.1, -0.05) is 26.0 Å². The molecule has 1 aromatic rings. The van der Waals surface area contributed by atoms with Crippen LogP contribution in [0.1, 0.15) is 37.3 Å². The SMILES string of the molecule is CC(C)c1ccc(F)c(CCC(=O)O)c1. The number of aryl methyl sites for hydroxylation is 1. The molecule has 0 saturated carbocycles. The summed E-state index contributed by atoms with van der Waals surface area (Å²) in [5.74, 6) is -0.890. The van der Waals surface area contributed by atoms with Crippen molar-refractivity contribution in [1.29, 1.82) is 0 Å². The molecule has 0 bridgehead atoms. The van der Waals surface area contributed by atoms with E-state index < -0.39 is 5.97 Å². The summed E-state index contributed by atoms with van der Waals surface area (Å²) in [6.45, 7) is 4.04. The van der Waals surface area contributed by atoms with Crippen molar-refractivity contribution in [3.8, 4) is 0 Å². The number of halogens is 1. The van der Waals surface area contributed by atoms with Crippen molar-refractivity contribution in [2.24, 2.45) is 0 Å². The first kappa shape index (κ1) is 11.7. The maximum atomic E-state index is 13.3. The summed E-state index contributed by atoms with van der Waals surface area (Å²) in [5.41, 5.74) is 1.53. The zero-order valence-corrected chi connectivity index (χ0v) is 8.96. The quantitative estimate of drug-likeness (QED) is 0.829. The predicted octanol–water partition coefficient (Wildman–Crippen LogP) is 2.97. The topological polar surface area (TPSA) is 37.3 Å². The lowest BCUT2D eigenvalue weighted by atomic mass is 9.98. The lowest BCUT2D eigenvalue weighted by Gasteiger charge is -2.08. The fourth-order valence-corrected chi connectivity index (χ4v) is 1.39. The number of aliphatic carboxylic acids is 1. The van der Waals surface area contributed by atoms with E-state index >= 15 is 0 Å². The highest BCUT2D eigenvalue weighted by Crippen LogP contribution is 2.19. The molecule has 0 fully saturated rings. The molecule has 0 atom stereocenters. The van der Waals surface area contributed by atoms with Crippen LogP contribution in [-0.4, -0.2) is 11.1 Å². The molecule has 1 rings (SSSR count). The van der Waals surface area contributed by atoms with Gasteiger partial charge < -0.3 is 5.11 Å². The molecule has 0 spiro atoms. The Balaban J connectivity index is 2.85. The molecule has 0 radical (unpaired) electrons. The summed E-state index contributed by atoms with van der Waals surface area (Å²) in [4.78, 5) is 10.4. The van der Waals surface area contributed by atoms with Crippen molar-refractivity contribution in [3.05, 3.63) is 35.1 Å². The smallest absolute Gasteiger partial charge is 0.303 e. The van der Waals surface area contributed by atoms with Gasteiger partial charge in [-0.2, -0.15) is 0 Å². The molecule has 0 aliphatic rings. The Morgan fingerprint density at radius 3 is 2.67 bits per heavy atom. The molecule has 2 nitrogen and oxygen atoms in total. The first-order valence-electron chi connectivity index (χ1n) is 5.01. The third-order valence-corrected chi connectivity index (χ3v) is 2.34. The summed E-state index contributed by atoms with van der Waals surface area (Å²) in [5, 5.41) is 8.52. The van der Waals surface area contributed by atoms with Crippen LogP contribution in [0.5, 0.6) is 0 Å². The minimum Gasteiger partial charge on any atom is -0.481 e. The van der Waals surface area contributed by atoms with Crippen LogP contribution < -0.4 is 0 Å². The molecule has 0 saturated heterocycles. The van der Waals surface area contributed by atoms with Crippen LogP contribution in [0.4, 0.5) is 4.39 Å². The average Bonchev–Trinajstić information content (AvgIpc) is 2.16. The van der Waals surface area contributed by atoms with Gasteiger partial charge in [0.05, 0.1) is 0 Å². The molecule has 1 aromatic carbocycles. The van der Waals surface area contributed by atoms with E-state index in [0.29, 0.717) is 11.5 Å². The van der Waals surface area contributed by atoms with Crippen molar-refractivity contribution in [3.63, 3.8) is 0 Å². The second-order valence-electron chi connectivity index (χ2n) is 3.90. The minimum absolute atomic E-state index is 0.0293. The second kappa shape index (κ2) is 4.91. The number of carboxylic acids is 1. The van der Waals surface area contributed by atoms with Gasteiger partial charge in [0.1, 0.15) is 5.82 Å². The summed E-state index contributed by atoms with van der Waals surface area (Å²) >= 11 is 0. The van der Waals surface area contributed by atoms with Gasteiger partial charge >= 0.3 is 5.97 Å². The molecule has 82 valence electrons. The molecule has 0 unspecified atom stereocenters. The number of hydrogen-bond acceptors (Lipinski definition) is 1. The van der Waals surface area contributed by atoms with E-state index in [0.717, 1.165) is 5.56 Å². The highest BCUT2D eigenvalue weighted by Gasteiger charge is 2.07. The predicted molar refractivity (Wildman–Crippen MR) is 56.4 cm³/mol. The van der Waals surface area contributed by atoms with Gasteiger partial charge in [-0.15, -0.1) is 0 Å². The van der Waals surface area contributed by atoms with E-state index in [2.05, 4.69) is 0 Å². The largest absolute Gasteiger partial charge is 0.481 e. The maximum Gasteiger partial charge on any atom is 0.303 e. The highest BCUT2D eigenvalue weighted by molar-refractivity contribution is 5.67. The Morgan fingerprint density at radius 1 is 1.47 bits per heavy atom. The van der Waals surface area contributed by atoms with Gasteiger partial charge in [0.2, 0.25) is 0 Å². The third kappa shape index (κ3) is 3.35. The molecule has 0 aromatic heterocycles. The molecule has 0 aliphatic heterocycles. The molecular formula is C12H15FO2. The van der Waals surface area contributed by atoms with Gasteiger partial charge in [-0.05, 0) is 29.5 Å². The van der Waals surface area contributed by atoms with Crippen molar-refractivity contribution in [2.45, 2.75) is 32.6 Å². The molecule has 3 heteroatoms. The lowest BCUT2D eigenvalue weighted by molar-refractivity contribution is -0.136. The molecule has 0 aliphatic carbocycles. The van der Waals surface area contributed by atoms with E-state index in [4.69, 9.17) is 5.11 Å². The van der Waals surface area contributed by atoms with Crippen molar-refractivity contribution >= 4 is 5.97 Å². The van der Waals surface area contributed by atoms with Crippen LogP contribution in [0.3, 0.4) is 0 Å². The van der Waals surface area contributed by atoms with Crippen molar-refractivity contribution in [1.82, 2.24) is 0 Å². The van der Waals surface area contributed by atoms with Crippen LogP contribution >= 0.6 is 0 Å². The number of carboxylic acid groups (broad SMARTS) is 1. The Labute approximate surface area is 88.7 Å². The Kier molecular flexibility index (Phi) is 3.83. The Hall–Kier alpha value is -1.38. The highest BCUT2D eigenvalue weighted by atomic mass is 19.1. The lowest BCUT2D eigenvalue weighted by Crippen LogP contribution is -2.00. The standard InChI is InChI=1S/C12H15FO2/c1-8(2)9-3-5-11(13)10(7-9)4-6-12(14)15/h3,5,7-8H,4,6H2,1-2H3,(H,14,15). The van der Waals surface area contributed by atoms with Gasteiger partial charge in [0.25, 0.3) is 0 Å². The summed E-state index contributed by atoms with van der Waals surface area (Å²) in [6, 6.07) is 4.90. The van der Waals surface area contributed by atoms with E-state index in [9.17, 15) is 9.18 Å². The number of hydrogen-bond donors (Lipinski definition) is 1. The van der Waals surface area contributed by atoms with E-state index in [1.165, 1.54) is 6.07 Å². The van der Waals surface area contributed by atoms with Crippen LogP contribution in [-0.2, 0) is 11.2 Å². The zero-order chi connectivity index (χ0) is 11.4. The summed E-state index contributed by atoms with van der Waals surface area (Å²) in [6.07, 6.45) is 0.222. The number of carbonyl (C=O) groups is 1. The van der Waals surface area contributed by atoms with Crippen molar-refractivity contribution < 1.29 is 14.3 Å². The van der Waals surface area contributed by atoms with E-state index in [1.54, 1.807) is 12.1 Å². The van der Waals surface area contributed by atoms with Gasteiger partial charge in [0, 0.05) is 6.42 Å². The van der Waals surface area contributed by atoms with Gasteiger partial charge in [-0.3, -0.25) is 4.79 Å². The van der Waals surface area contributed by atoms with E-state index in [-0.39, 0.29) is 18.7 Å². The summed E-state index contributed by atoms with van der Waals surface area (Å²) < 4.78 is 13.3. The molecule has 1 N–H and O–H groups in total. The van der Waals surface area contributed by atoms with Crippen LogP contribution in [0.2, 0.25) is 0 Å². The third-order valence-electron chi connectivity index (χ3n) is 2.34. The maximum absolute atomic E-state index is 13.3. The van der Waals surface area contributed by atoms with Crippen LogP contribution in [0.25, 0.3) is 0 Å². The molecule has 0 amide bonds.